The van der Waals surface area contributed by atoms with E-state index in [9.17, 15) is 5.11 Å². The van der Waals surface area contributed by atoms with Gasteiger partial charge in [0.25, 0.3) is 0 Å². The van der Waals surface area contributed by atoms with Crippen LogP contribution in [0.1, 0.15) is 77.3 Å². The summed E-state index contributed by atoms with van der Waals surface area (Å²) in [5.74, 6) is 0.961. The number of hydrogen-bond donors (Lipinski definition) is 1. The molecule has 0 radical (unpaired) electrons. The van der Waals surface area contributed by atoms with Crippen molar-refractivity contribution in [1.82, 2.24) is 0 Å². The average molecular weight is 288 g/mol. The summed E-state index contributed by atoms with van der Waals surface area (Å²) in [6.07, 6.45) is 5.32. The summed E-state index contributed by atoms with van der Waals surface area (Å²) < 4.78 is 0. The van der Waals surface area contributed by atoms with Crippen LogP contribution in [0, 0.1) is 11.3 Å². The molecule has 1 nitrogen and oxygen atoms in total. The molecule has 0 amide bonds. The monoisotopic (exact) mass is 288 g/mol. The van der Waals surface area contributed by atoms with Crippen LogP contribution in [0.2, 0.25) is 0 Å². The Kier molecular flexibility index (Phi) is 4.82. The summed E-state index contributed by atoms with van der Waals surface area (Å²) in [6.45, 7) is 11.3. The van der Waals surface area contributed by atoms with Crippen LogP contribution in [-0.4, -0.2) is 10.7 Å². The summed E-state index contributed by atoms with van der Waals surface area (Å²) in [7, 11) is 0. The molecule has 1 aliphatic rings. The first-order chi connectivity index (χ1) is 9.72. The standard InChI is InChI=1S/C20H32O/c1-15(2)17-11-9-16(10-12-17)14-20(21)13-7-6-8-18(20)19(3,4)5/h9-12,15,18,21H,6-8,13-14H2,1-5H3. The van der Waals surface area contributed by atoms with Crippen molar-refractivity contribution in [1.29, 1.82) is 0 Å². The molecule has 0 aliphatic heterocycles. The first kappa shape index (κ1) is 16.5. The van der Waals surface area contributed by atoms with Crippen LogP contribution >= 0.6 is 0 Å². The molecule has 118 valence electrons. The molecule has 1 fully saturated rings. The van der Waals surface area contributed by atoms with E-state index in [-0.39, 0.29) is 5.41 Å². The van der Waals surface area contributed by atoms with Gasteiger partial charge < -0.3 is 5.11 Å². The van der Waals surface area contributed by atoms with Crippen LogP contribution in [-0.2, 0) is 6.42 Å². The highest BCUT2D eigenvalue weighted by molar-refractivity contribution is 5.26. The largest absolute Gasteiger partial charge is 0.389 e. The van der Waals surface area contributed by atoms with Crippen LogP contribution < -0.4 is 0 Å². The van der Waals surface area contributed by atoms with Gasteiger partial charge in [0.15, 0.2) is 0 Å². The Hall–Kier alpha value is -0.820. The summed E-state index contributed by atoms with van der Waals surface area (Å²) >= 11 is 0. The first-order valence-corrected chi connectivity index (χ1v) is 8.53. The lowest BCUT2D eigenvalue weighted by Crippen LogP contribution is -2.48. The van der Waals surface area contributed by atoms with E-state index in [0.29, 0.717) is 11.8 Å². The highest BCUT2D eigenvalue weighted by Gasteiger charge is 2.44. The zero-order valence-corrected chi connectivity index (χ0v) is 14.4. The molecular weight excluding hydrogens is 256 g/mol. The topological polar surface area (TPSA) is 20.2 Å². The van der Waals surface area contributed by atoms with Crippen molar-refractivity contribution in [2.75, 3.05) is 0 Å². The fourth-order valence-corrected chi connectivity index (χ4v) is 4.05. The first-order valence-electron chi connectivity index (χ1n) is 8.53. The van der Waals surface area contributed by atoms with Gasteiger partial charge in [-0.15, -0.1) is 0 Å². The van der Waals surface area contributed by atoms with Crippen LogP contribution in [0.3, 0.4) is 0 Å². The van der Waals surface area contributed by atoms with Crippen molar-refractivity contribution in [2.45, 2.75) is 78.2 Å². The molecule has 1 aromatic rings. The maximum atomic E-state index is 11.3. The third-order valence-electron chi connectivity index (χ3n) is 5.20. The molecular formula is C20H32O. The molecule has 0 heterocycles. The third kappa shape index (κ3) is 3.88. The van der Waals surface area contributed by atoms with Crippen LogP contribution in [0.15, 0.2) is 24.3 Å². The van der Waals surface area contributed by atoms with Crippen LogP contribution in [0.5, 0.6) is 0 Å². The SMILES string of the molecule is CC(C)c1ccc(CC2(O)CCCCC2C(C)(C)C)cc1. The Morgan fingerprint density at radius 3 is 2.29 bits per heavy atom. The minimum Gasteiger partial charge on any atom is -0.389 e. The van der Waals surface area contributed by atoms with Crippen molar-refractivity contribution >= 4 is 0 Å². The van der Waals surface area contributed by atoms with Gasteiger partial charge in [0, 0.05) is 6.42 Å². The van der Waals surface area contributed by atoms with Gasteiger partial charge in [0.1, 0.15) is 0 Å². The average Bonchev–Trinajstić information content (AvgIpc) is 2.38. The van der Waals surface area contributed by atoms with Gasteiger partial charge in [-0.2, -0.15) is 0 Å². The highest BCUT2D eigenvalue weighted by atomic mass is 16.3. The molecule has 21 heavy (non-hydrogen) atoms. The lowest BCUT2D eigenvalue weighted by atomic mass is 9.62. The van der Waals surface area contributed by atoms with E-state index in [2.05, 4.69) is 58.9 Å². The fraction of sp³-hybridized carbons (Fsp3) is 0.700. The Labute approximate surface area is 130 Å². The molecule has 0 spiro atoms. The van der Waals surface area contributed by atoms with Crippen molar-refractivity contribution in [3.05, 3.63) is 35.4 Å². The summed E-state index contributed by atoms with van der Waals surface area (Å²) in [5.41, 5.74) is 2.29. The zero-order valence-electron chi connectivity index (χ0n) is 14.4. The second kappa shape index (κ2) is 6.12. The predicted molar refractivity (Wildman–Crippen MR) is 90.6 cm³/mol. The molecule has 2 rings (SSSR count). The van der Waals surface area contributed by atoms with E-state index >= 15 is 0 Å². The second-order valence-corrected chi connectivity index (χ2v) is 8.34. The smallest absolute Gasteiger partial charge is 0.0720 e. The Morgan fingerprint density at radius 1 is 1.14 bits per heavy atom. The summed E-state index contributed by atoms with van der Waals surface area (Å²) in [5, 5.41) is 11.3. The Balaban J connectivity index is 2.18. The van der Waals surface area contributed by atoms with E-state index in [1.807, 2.05) is 0 Å². The van der Waals surface area contributed by atoms with Crippen molar-refractivity contribution in [3.8, 4) is 0 Å². The van der Waals surface area contributed by atoms with E-state index < -0.39 is 5.60 Å². The van der Waals surface area contributed by atoms with Crippen LogP contribution in [0.25, 0.3) is 0 Å². The number of aliphatic hydroxyl groups is 1. The normalized spacial score (nSPS) is 27.1. The highest BCUT2D eigenvalue weighted by Crippen LogP contribution is 2.45. The minimum absolute atomic E-state index is 0.174. The van der Waals surface area contributed by atoms with Gasteiger partial charge in [0.2, 0.25) is 0 Å². The van der Waals surface area contributed by atoms with E-state index in [0.717, 1.165) is 25.7 Å². The Morgan fingerprint density at radius 2 is 1.76 bits per heavy atom. The van der Waals surface area contributed by atoms with E-state index in [4.69, 9.17) is 0 Å². The maximum absolute atomic E-state index is 11.3. The van der Waals surface area contributed by atoms with Gasteiger partial charge in [-0.05, 0) is 41.2 Å². The summed E-state index contributed by atoms with van der Waals surface area (Å²) in [6, 6.07) is 8.86. The van der Waals surface area contributed by atoms with Crippen LogP contribution in [0.4, 0.5) is 0 Å². The molecule has 0 saturated heterocycles. The van der Waals surface area contributed by atoms with Gasteiger partial charge in [-0.3, -0.25) is 0 Å². The van der Waals surface area contributed by atoms with Gasteiger partial charge >= 0.3 is 0 Å². The quantitative estimate of drug-likeness (QED) is 0.798. The zero-order chi connectivity index (χ0) is 15.7. The summed E-state index contributed by atoms with van der Waals surface area (Å²) in [4.78, 5) is 0. The molecule has 0 aromatic heterocycles. The molecule has 1 N–H and O–H groups in total. The Bertz CT molecular complexity index is 452. The molecule has 1 aliphatic carbocycles. The minimum atomic E-state index is -0.532. The molecule has 2 atom stereocenters. The molecule has 1 heteroatoms. The second-order valence-electron chi connectivity index (χ2n) is 8.34. The number of hydrogen-bond acceptors (Lipinski definition) is 1. The van der Waals surface area contributed by atoms with Crippen molar-refractivity contribution < 1.29 is 5.11 Å². The third-order valence-corrected chi connectivity index (χ3v) is 5.20. The maximum Gasteiger partial charge on any atom is 0.0720 e. The predicted octanol–water partition coefficient (Wildman–Crippen LogP) is 5.32. The molecule has 1 aromatic carbocycles. The number of rotatable bonds is 3. The van der Waals surface area contributed by atoms with Gasteiger partial charge in [0.05, 0.1) is 5.60 Å². The van der Waals surface area contributed by atoms with E-state index in [1.165, 1.54) is 17.5 Å². The van der Waals surface area contributed by atoms with Gasteiger partial charge in [-0.1, -0.05) is 71.7 Å². The van der Waals surface area contributed by atoms with E-state index in [1.54, 1.807) is 0 Å². The number of benzene rings is 1. The lowest BCUT2D eigenvalue weighted by molar-refractivity contribution is -0.0889. The van der Waals surface area contributed by atoms with Crippen molar-refractivity contribution in [3.63, 3.8) is 0 Å². The molecule has 0 bridgehead atoms. The lowest BCUT2D eigenvalue weighted by Gasteiger charge is -2.47. The fourth-order valence-electron chi connectivity index (χ4n) is 4.05. The molecule has 1 saturated carbocycles. The molecule has 2 unspecified atom stereocenters. The van der Waals surface area contributed by atoms with Crippen molar-refractivity contribution in [2.24, 2.45) is 11.3 Å². The van der Waals surface area contributed by atoms with Gasteiger partial charge in [-0.25, -0.2) is 0 Å².